The Hall–Kier alpha value is -2.14. The summed E-state index contributed by atoms with van der Waals surface area (Å²) in [4.78, 5) is 12.2. The molecule has 1 aromatic heterocycles. The first-order valence-electron chi connectivity index (χ1n) is 8.79. The van der Waals surface area contributed by atoms with Gasteiger partial charge in [-0.15, -0.1) is 0 Å². The van der Waals surface area contributed by atoms with E-state index < -0.39 is 0 Å². The molecular formula is C19H26N4O. The van der Waals surface area contributed by atoms with Crippen LogP contribution in [0.1, 0.15) is 31.7 Å². The van der Waals surface area contributed by atoms with Crippen molar-refractivity contribution in [3.05, 3.63) is 48.3 Å². The summed E-state index contributed by atoms with van der Waals surface area (Å²) in [7, 11) is 0. The van der Waals surface area contributed by atoms with Gasteiger partial charge < -0.3 is 10.6 Å². The van der Waals surface area contributed by atoms with Crippen molar-refractivity contribution < 1.29 is 4.79 Å². The Morgan fingerprint density at radius 2 is 2.25 bits per heavy atom. The summed E-state index contributed by atoms with van der Waals surface area (Å²) >= 11 is 0. The van der Waals surface area contributed by atoms with E-state index in [2.05, 4.69) is 22.7 Å². The van der Waals surface area contributed by atoms with Crippen molar-refractivity contribution in [1.29, 1.82) is 0 Å². The van der Waals surface area contributed by atoms with Crippen molar-refractivity contribution in [2.24, 2.45) is 11.8 Å². The lowest BCUT2D eigenvalue weighted by Crippen LogP contribution is -2.35. The maximum absolute atomic E-state index is 12.2. The van der Waals surface area contributed by atoms with Gasteiger partial charge in [0.15, 0.2) is 0 Å². The number of hydrogen-bond donors (Lipinski definition) is 2. The Morgan fingerprint density at radius 3 is 2.92 bits per heavy atom. The van der Waals surface area contributed by atoms with Gasteiger partial charge in [0.2, 0.25) is 5.91 Å². The van der Waals surface area contributed by atoms with Gasteiger partial charge in [0.05, 0.1) is 5.69 Å². The molecule has 2 unspecified atom stereocenters. The fourth-order valence-electron chi connectivity index (χ4n) is 3.28. The Balaban J connectivity index is 1.45. The molecule has 2 atom stereocenters. The average molecular weight is 326 g/mol. The van der Waals surface area contributed by atoms with Gasteiger partial charge in [0.1, 0.15) is 0 Å². The highest BCUT2D eigenvalue weighted by molar-refractivity contribution is 5.76. The van der Waals surface area contributed by atoms with Crippen LogP contribution < -0.4 is 10.6 Å². The molecule has 2 N–H and O–H groups in total. The predicted molar refractivity (Wildman–Crippen MR) is 94.8 cm³/mol. The molecule has 1 saturated heterocycles. The number of piperidine rings is 1. The molecule has 5 nitrogen and oxygen atoms in total. The maximum atomic E-state index is 12.2. The number of carbonyl (C=O) groups is 1. The van der Waals surface area contributed by atoms with E-state index in [4.69, 9.17) is 0 Å². The molecule has 1 fully saturated rings. The largest absolute Gasteiger partial charge is 0.352 e. The molecule has 2 heterocycles. The number of hydrogen-bond acceptors (Lipinski definition) is 3. The van der Waals surface area contributed by atoms with Gasteiger partial charge in [-0.3, -0.25) is 4.79 Å². The third kappa shape index (κ3) is 4.45. The van der Waals surface area contributed by atoms with Crippen LogP contribution in [-0.2, 0) is 11.3 Å². The van der Waals surface area contributed by atoms with Crippen molar-refractivity contribution >= 4 is 5.91 Å². The Morgan fingerprint density at radius 1 is 1.42 bits per heavy atom. The molecule has 0 bridgehead atoms. The summed E-state index contributed by atoms with van der Waals surface area (Å²) in [5, 5.41) is 10.7. The van der Waals surface area contributed by atoms with E-state index in [0.29, 0.717) is 24.8 Å². The lowest BCUT2D eigenvalue weighted by molar-refractivity contribution is -0.122. The van der Waals surface area contributed by atoms with Crippen LogP contribution in [0.5, 0.6) is 0 Å². The van der Waals surface area contributed by atoms with Crippen LogP contribution >= 0.6 is 0 Å². The number of amides is 1. The first-order valence-corrected chi connectivity index (χ1v) is 8.79. The molecule has 128 valence electrons. The highest BCUT2D eigenvalue weighted by atomic mass is 16.1. The van der Waals surface area contributed by atoms with Crippen molar-refractivity contribution in [2.45, 2.75) is 32.7 Å². The Labute approximate surface area is 143 Å². The minimum absolute atomic E-state index is 0.143. The summed E-state index contributed by atoms with van der Waals surface area (Å²) in [6, 6.07) is 10.0. The summed E-state index contributed by atoms with van der Waals surface area (Å²) in [6.45, 7) is 4.93. The molecule has 0 saturated carbocycles. The molecule has 2 aromatic rings. The number of carbonyl (C=O) groups excluding carboxylic acids is 1. The summed E-state index contributed by atoms with van der Waals surface area (Å²) in [6.07, 6.45) is 6.74. The van der Waals surface area contributed by atoms with E-state index in [1.54, 1.807) is 6.20 Å². The Bertz CT molecular complexity index is 630. The predicted octanol–water partition coefficient (Wildman–Crippen LogP) is 2.51. The van der Waals surface area contributed by atoms with Gasteiger partial charge in [-0.1, -0.05) is 19.1 Å². The molecule has 0 aliphatic carbocycles. The van der Waals surface area contributed by atoms with Crippen molar-refractivity contribution in [1.82, 2.24) is 20.4 Å². The zero-order valence-corrected chi connectivity index (χ0v) is 14.2. The summed E-state index contributed by atoms with van der Waals surface area (Å²) in [5.74, 6) is 1.20. The van der Waals surface area contributed by atoms with Crippen LogP contribution in [0.25, 0.3) is 5.69 Å². The molecule has 1 amide bonds. The SMILES string of the molecule is CC(CC(=O)NCc1ccc(-n2cccn2)cc1)C1CCCNC1. The lowest BCUT2D eigenvalue weighted by atomic mass is 9.85. The number of nitrogens with one attached hydrogen (secondary N) is 2. The van der Waals surface area contributed by atoms with E-state index >= 15 is 0 Å². The van der Waals surface area contributed by atoms with Crippen LogP contribution in [0.4, 0.5) is 0 Å². The van der Waals surface area contributed by atoms with Crippen LogP contribution in [0.15, 0.2) is 42.7 Å². The van der Waals surface area contributed by atoms with Crippen LogP contribution in [-0.4, -0.2) is 28.8 Å². The number of rotatable bonds is 6. The van der Waals surface area contributed by atoms with Crippen LogP contribution in [0, 0.1) is 11.8 Å². The van der Waals surface area contributed by atoms with Crippen molar-refractivity contribution in [3.63, 3.8) is 0 Å². The monoisotopic (exact) mass is 326 g/mol. The van der Waals surface area contributed by atoms with Gasteiger partial charge in [-0.25, -0.2) is 4.68 Å². The highest BCUT2D eigenvalue weighted by Crippen LogP contribution is 2.22. The normalized spacial score (nSPS) is 19.0. The standard InChI is InChI=1S/C19H26N4O/c1-15(17-4-2-9-20-14-17)12-19(24)21-13-16-5-7-18(8-6-16)23-11-3-10-22-23/h3,5-8,10-11,15,17,20H,2,4,9,12-14H2,1H3,(H,21,24). The maximum Gasteiger partial charge on any atom is 0.220 e. The van der Waals surface area contributed by atoms with Gasteiger partial charge >= 0.3 is 0 Å². The molecule has 5 heteroatoms. The van der Waals surface area contributed by atoms with E-state index in [1.807, 2.05) is 41.2 Å². The lowest BCUT2D eigenvalue weighted by Gasteiger charge is -2.28. The van der Waals surface area contributed by atoms with Crippen molar-refractivity contribution in [2.75, 3.05) is 13.1 Å². The topological polar surface area (TPSA) is 59.0 Å². The zero-order valence-electron chi connectivity index (χ0n) is 14.2. The average Bonchev–Trinajstić information content (AvgIpc) is 3.16. The van der Waals surface area contributed by atoms with Gasteiger partial charge in [0, 0.05) is 25.4 Å². The van der Waals surface area contributed by atoms with Crippen LogP contribution in [0.2, 0.25) is 0 Å². The van der Waals surface area contributed by atoms with Gasteiger partial charge in [-0.05, 0) is 61.5 Å². The quantitative estimate of drug-likeness (QED) is 0.857. The zero-order chi connectivity index (χ0) is 16.8. The second-order valence-corrected chi connectivity index (χ2v) is 6.68. The fourth-order valence-corrected chi connectivity index (χ4v) is 3.28. The van der Waals surface area contributed by atoms with Crippen LogP contribution in [0.3, 0.4) is 0 Å². The molecule has 0 radical (unpaired) electrons. The van der Waals surface area contributed by atoms with E-state index in [-0.39, 0.29) is 5.91 Å². The minimum atomic E-state index is 0.143. The third-order valence-electron chi connectivity index (χ3n) is 4.84. The van der Waals surface area contributed by atoms with E-state index in [0.717, 1.165) is 24.3 Å². The molecule has 3 rings (SSSR count). The first kappa shape index (κ1) is 16.7. The van der Waals surface area contributed by atoms with Gasteiger partial charge in [-0.2, -0.15) is 5.10 Å². The third-order valence-corrected chi connectivity index (χ3v) is 4.84. The van der Waals surface area contributed by atoms with Gasteiger partial charge in [0.25, 0.3) is 0 Å². The first-order chi connectivity index (χ1) is 11.7. The second-order valence-electron chi connectivity index (χ2n) is 6.68. The second kappa shape index (κ2) is 8.11. The molecule has 1 aliphatic heterocycles. The molecular weight excluding hydrogens is 300 g/mol. The summed E-state index contributed by atoms with van der Waals surface area (Å²) < 4.78 is 1.82. The number of benzene rings is 1. The molecule has 24 heavy (non-hydrogen) atoms. The van der Waals surface area contributed by atoms with E-state index in [1.165, 1.54) is 12.8 Å². The van der Waals surface area contributed by atoms with E-state index in [9.17, 15) is 4.79 Å². The molecule has 1 aliphatic rings. The molecule has 0 spiro atoms. The fraction of sp³-hybridized carbons (Fsp3) is 0.474. The number of aromatic nitrogens is 2. The number of nitrogens with zero attached hydrogens (tertiary/aromatic N) is 2. The minimum Gasteiger partial charge on any atom is -0.352 e. The van der Waals surface area contributed by atoms with Crippen molar-refractivity contribution in [3.8, 4) is 5.69 Å². The highest BCUT2D eigenvalue weighted by Gasteiger charge is 2.21. The molecule has 1 aromatic carbocycles. The Kier molecular flexibility index (Phi) is 5.64. The smallest absolute Gasteiger partial charge is 0.220 e. The summed E-state index contributed by atoms with van der Waals surface area (Å²) in [5.41, 5.74) is 2.12.